The second kappa shape index (κ2) is 4.73. The summed E-state index contributed by atoms with van der Waals surface area (Å²) < 4.78 is 4.70. The smallest absolute Gasteiger partial charge is 0.331 e. The van der Waals surface area contributed by atoms with Crippen molar-refractivity contribution in [1.82, 2.24) is 10.0 Å². The molecule has 6 nitrogen and oxygen atoms in total. The van der Waals surface area contributed by atoms with Crippen molar-refractivity contribution in [3.05, 3.63) is 0 Å². The van der Waals surface area contributed by atoms with E-state index in [1.807, 2.05) is 0 Å². The second-order valence-electron chi connectivity index (χ2n) is 4.34. The number of esters is 1. The first-order valence-electron chi connectivity index (χ1n) is 5.48. The van der Waals surface area contributed by atoms with Gasteiger partial charge < -0.3 is 4.74 Å². The van der Waals surface area contributed by atoms with Crippen LogP contribution in [0.15, 0.2) is 0 Å². The van der Waals surface area contributed by atoms with Crippen LogP contribution in [0.5, 0.6) is 0 Å². The summed E-state index contributed by atoms with van der Waals surface area (Å²) in [7, 11) is 2.76. The van der Waals surface area contributed by atoms with Crippen LogP contribution in [-0.2, 0) is 19.1 Å². The molecule has 17 heavy (non-hydrogen) atoms. The Hall–Kier alpha value is -1.59. The van der Waals surface area contributed by atoms with Gasteiger partial charge in [0.2, 0.25) is 11.8 Å². The fourth-order valence-electron chi connectivity index (χ4n) is 2.15. The summed E-state index contributed by atoms with van der Waals surface area (Å²) in [5, 5.41) is 2.37. The predicted molar refractivity (Wildman–Crippen MR) is 59.4 cm³/mol. The molecule has 0 spiro atoms. The number of methoxy groups -OCH3 is 1. The fraction of sp³-hybridized carbons (Fsp3) is 0.727. The van der Waals surface area contributed by atoms with E-state index in [0.717, 1.165) is 0 Å². The summed E-state index contributed by atoms with van der Waals surface area (Å²) in [6.07, 6.45) is 0. The molecule has 2 amide bonds. The highest BCUT2D eigenvalue weighted by molar-refractivity contribution is 5.90. The van der Waals surface area contributed by atoms with Crippen LogP contribution in [-0.4, -0.2) is 48.0 Å². The molecular formula is C11H18N2O4. The van der Waals surface area contributed by atoms with Gasteiger partial charge in [0.15, 0.2) is 6.04 Å². The molecule has 0 saturated carbocycles. The van der Waals surface area contributed by atoms with Gasteiger partial charge in [0.1, 0.15) is 0 Å². The highest BCUT2D eigenvalue weighted by Crippen LogP contribution is 2.29. The van der Waals surface area contributed by atoms with E-state index in [1.54, 1.807) is 13.8 Å². The summed E-state index contributed by atoms with van der Waals surface area (Å²) in [4.78, 5) is 35.2. The van der Waals surface area contributed by atoms with Gasteiger partial charge in [-0.2, -0.15) is 0 Å². The Kier molecular flexibility index (Phi) is 3.75. The van der Waals surface area contributed by atoms with E-state index in [9.17, 15) is 14.4 Å². The van der Waals surface area contributed by atoms with Gasteiger partial charge in [-0.3, -0.25) is 14.6 Å². The molecule has 0 bridgehead atoms. The molecule has 96 valence electrons. The molecule has 0 aliphatic carbocycles. The highest BCUT2D eigenvalue weighted by atomic mass is 16.5. The Bertz CT molecular complexity index is 355. The van der Waals surface area contributed by atoms with E-state index in [0.29, 0.717) is 0 Å². The van der Waals surface area contributed by atoms with Crippen LogP contribution in [0.3, 0.4) is 0 Å². The van der Waals surface area contributed by atoms with Crippen molar-refractivity contribution in [2.24, 2.45) is 11.8 Å². The molecule has 6 heteroatoms. The van der Waals surface area contributed by atoms with Crippen molar-refractivity contribution < 1.29 is 19.1 Å². The molecule has 1 saturated heterocycles. The normalized spacial score (nSPS) is 29.2. The van der Waals surface area contributed by atoms with E-state index in [2.05, 4.69) is 0 Å². The first-order valence-corrected chi connectivity index (χ1v) is 5.48. The van der Waals surface area contributed by atoms with Crippen LogP contribution in [0.25, 0.3) is 0 Å². The maximum atomic E-state index is 11.9. The highest BCUT2D eigenvalue weighted by Gasteiger charge is 2.47. The third kappa shape index (κ3) is 2.11. The standard InChI is InChI=1S/C11H18N2O4/c1-6-7(2)10(15)12(4)13(8(3)14)9(6)11(16)17-5/h6-7,9H,1-5H3/t6-,7-,9+/m1/s1. The second-order valence-corrected chi connectivity index (χ2v) is 4.34. The Balaban J connectivity index is 3.16. The zero-order valence-corrected chi connectivity index (χ0v) is 10.8. The van der Waals surface area contributed by atoms with E-state index >= 15 is 0 Å². The Morgan fingerprint density at radius 3 is 2.24 bits per heavy atom. The first kappa shape index (κ1) is 13.5. The van der Waals surface area contributed by atoms with Crippen LogP contribution < -0.4 is 0 Å². The molecule has 1 aliphatic rings. The SMILES string of the molecule is COC(=O)[C@@H]1[C@H](C)[C@@H](C)C(=O)N(C)N1C(C)=O. The minimum atomic E-state index is -0.741. The molecule has 0 N–H and O–H groups in total. The fourth-order valence-corrected chi connectivity index (χ4v) is 2.15. The number of nitrogens with zero attached hydrogens (tertiary/aromatic N) is 2. The van der Waals surface area contributed by atoms with Crippen molar-refractivity contribution in [2.45, 2.75) is 26.8 Å². The number of rotatable bonds is 1. The Morgan fingerprint density at radius 1 is 1.29 bits per heavy atom. The molecule has 0 aromatic heterocycles. The zero-order valence-electron chi connectivity index (χ0n) is 10.8. The van der Waals surface area contributed by atoms with Crippen molar-refractivity contribution in [3.63, 3.8) is 0 Å². The Morgan fingerprint density at radius 2 is 1.82 bits per heavy atom. The van der Waals surface area contributed by atoms with E-state index in [1.165, 1.54) is 31.1 Å². The summed E-state index contributed by atoms with van der Waals surface area (Å²) >= 11 is 0. The molecule has 0 unspecified atom stereocenters. The van der Waals surface area contributed by atoms with E-state index in [-0.39, 0.29) is 23.7 Å². The van der Waals surface area contributed by atoms with Gasteiger partial charge in [0, 0.05) is 25.8 Å². The number of ether oxygens (including phenoxy) is 1. The first-order chi connectivity index (χ1) is 7.82. The quantitative estimate of drug-likeness (QED) is 0.609. The van der Waals surface area contributed by atoms with Gasteiger partial charge in [-0.1, -0.05) is 13.8 Å². The number of hydrogen-bond acceptors (Lipinski definition) is 4. The number of hydrazine groups is 1. The third-order valence-corrected chi connectivity index (χ3v) is 3.35. The summed E-state index contributed by atoms with van der Waals surface area (Å²) in [6, 6.07) is -0.741. The molecule has 0 aromatic rings. The maximum Gasteiger partial charge on any atom is 0.331 e. The molecule has 1 rings (SSSR count). The van der Waals surface area contributed by atoms with Gasteiger partial charge in [-0.25, -0.2) is 9.80 Å². The van der Waals surface area contributed by atoms with Crippen molar-refractivity contribution in [3.8, 4) is 0 Å². The van der Waals surface area contributed by atoms with Gasteiger partial charge >= 0.3 is 5.97 Å². The average Bonchev–Trinajstić information content (AvgIpc) is 2.29. The topological polar surface area (TPSA) is 66.9 Å². The van der Waals surface area contributed by atoms with Crippen molar-refractivity contribution in [2.75, 3.05) is 14.2 Å². The molecule has 1 fully saturated rings. The van der Waals surface area contributed by atoms with Gasteiger partial charge in [-0.05, 0) is 0 Å². The van der Waals surface area contributed by atoms with Crippen LogP contribution in [0.2, 0.25) is 0 Å². The lowest BCUT2D eigenvalue weighted by Gasteiger charge is -2.45. The van der Waals surface area contributed by atoms with Crippen LogP contribution in [0.1, 0.15) is 20.8 Å². The van der Waals surface area contributed by atoms with Crippen LogP contribution in [0, 0.1) is 11.8 Å². The molecular weight excluding hydrogens is 224 g/mol. The van der Waals surface area contributed by atoms with Gasteiger partial charge in [-0.15, -0.1) is 0 Å². The molecule has 3 atom stereocenters. The van der Waals surface area contributed by atoms with E-state index in [4.69, 9.17) is 4.74 Å². The summed E-state index contributed by atoms with van der Waals surface area (Å²) in [6.45, 7) is 4.84. The number of amides is 2. The zero-order chi connectivity index (χ0) is 13.3. The number of hydrogen-bond donors (Lipinski definition) is 0. The van der Waals surface area contributed by atoms with E-state index < -0.39 is 12.0 Å². The summed E-state index contributed by atoms with van der Waals surface area (Å²) in [5.41, 5.74) is 0. The average molecular weight is 242 g/mol. The van der Waals surface area contributed by atoms with Crippen molar-refractivity contribution >= 4 is 17.8 Å². The van der Waals surface area contributed by atoms with Gasteiger partial charge in [0.25, 0.3) is 0 Å². The van der Waals surface area contributed by atoms with Crippen molar-refractivity contribution in [1.29, 1.82) is 0 Å². The lowest BCUT2D eigenvalue weighted by Crippen LogP contribution is -2.64. The van der Waals surface area contributed by atoms with Gasteiger partial charge in [0.05, 0.1) is 7.11 Å². The molecule has 0 radical (unpaired) electrons. The lowest BCUT2D eigenvalue weighted by atomic mass is 9.85. The number of carbonyl (C=O) groups is 3. The minimum Gasteiger partial charge on any atom is -0.467 e. The number of carbonyl (C=O) groups excluding carboxylic acids is 3. The monoisotopic (exact) mass is 242 g/mol. The van der Waals surface area contributed by atoms with Crippen LogP contribution in [0.4, 0.5) is 0 Å². The Labute approximate surface area is 100 Å². The molecule has 1 aliphatic heterocycles. The molecule has 0 aromatic carbocycles. The van der Waals surface area contributed by atoms with Crippen LogP contribution >= 0.6 is 0 Å². The predicted octanol–water partition coefficient (Wildman–Crippen LogP) is 0.0357. The maximum absolute atomic E-state index is 11.9. The molecule has 1 heterocycles. The minimum absolute atomic E-state index is 0.173. The third-order valence-electron chi connectivity index (χ3n) is 3.35. The summed E-state index contributed by atoms with van der Waals surface area (Å²) in [5.74, 6) is -1.61. The lowest BCUT2D eigenvalue weighted by molar-refractivity contribution is -0.190. The largest absolute Gasteiger partial charge is 0.467 e.